The van der Waals surface area contributed by atoms with E-state index in [9.17, 15) is 13.2 Å². The van der Waals surface area contributed by atoms with E-state index < -0.39 is 18.3 Å². The summed E-state index contributed by atoms with van der Waals surface area (Å²) in [5.41, 5.74) is 0.466. The number of rotatable bonds is 6. The quantitative estimate of drug-likeness (QED) is 0.819. The van der Waals surface area contributed by atoms with Crippen molar-refractivity contribution in [2.75, 3.05) is 32.8 Å². The lowest BCUT2D eigenvalue weighted by molar-refractivity contribution is 0.0737. The van der Waals surface area contributed by atoms with Crippen LogP contribution in [0.3, 0.4) is 0 Å². The van der Waals surface area contributed by atoms with Crippen LogP contribution in [0.1, 0.15) is 24.9 Å². The predicted molar refractivity (Wildman–Crippen MR) is 87.6 cm³/mol. The minimum Gasteiger partial charge on any atom is -0.489 e. The molecule has 0 bridgehead atoms. The molecular weight excluding hydrogens is 352 g/mol. The first kappa shape index (κ1) is 20.4. The number of nitrogens with one attached hydrogen (secondary N) is 1. The molecule has 1 aromatic rings. The molecule has 3 nitrogen and oxygen atoms in total. The zero-order chi connectivity index (χ0) is 16.1. The Kier molecular flexibility index (Phi) is 8.47. The van der Waals surface area contributed by atoms with Gasteiger partial charge in [0.2, 0.25) is 6.43 Å². The molecule has 0 aromatic heterocycles. The van der Waals surface area contributed by atoms with Crippen LogP contribution in [-0.2, 0) is 0 Å². The van der Waals surface area contributed by atoms with Crippen molar-refractivity contribution in [2.45, 2.75) is 25.8 Å². The van der Waals surface area contributed by atoms with E-state index in [2.05, 4.69) is 5.32 Å². The van der Waals surface area contributed by atoms with E-state index in [4.69, 9.17) is 16.3 Å². The average Bonchev–Trinajstić information content (AvgIpc) is 2.49. The van der Waals surface area contributed by atoms with Crippen molar-refractivity contribution < 1.29 is 17.9 Å². The molecule has 0 amide bonds. The van der Waals surface area contributed by atoms with Gasteiger partial charge in [0.1, 0.15) is 0 Å². The van der Waals surface area contributed by atoms with Gasteiger partial charge in [-0.05, 0) is 24.6 Å². The zero-order valence-corrected chi connectivity index (χ0v) is 14.4. The second kappa shape index (κ2) is 9.57. The monoisotopic (exact) mass is 372 g/mol. The Hall–Kier alpha value is -0.690. The first-order valence-electron chi connectivity index (χ1n) is 7.37. The van der Waals surface area contributed by atoms with Gasteiger partial charge in [0, 0.05) is 38.6 Å². The molecule has 1 N–H and O–H groups in total. The lowest BCUT2D eigenvalue weighted by atomic mass is 10.0. The third-order valence-corrected chi connectivity index (χ3v) is 3.97. The van der Waals surface area contributed by atoms with Crippen molar-refractivity contribution in [1.29, 1.82) is 0 Å². The van der Waals surface area contributed by atoms with Gasteiger partial charge >= 0.3 is 0 Å². The molecule has 0 aliphatic carbocycles. The van der Waals surface area contributed by atoms with Crippen LogP contribution in [0.5, 0.6) is 5.75 Å². The van der Waals surface area contributed by atoms with Crippen molar-refractivity contribution >= 4 is 24.0 Å². The van der Waals surface area contributed by atoms with E-state index in [-0.39, 0.29) is 36.2 Å². The Morgan fingerprint density at radius 3 is 2.48 bits per heavy atom. The van der Waals surface area contributed by atoms with E-state index in [0.29, 0.717) is 18.7 Å². The summed E-state index contributed by atoms with van der Waals surface area (Å²) in [4.78, 5) is 1.94. The van der Waals surface area contributed by atoms with E-state index in [1.165, 1.54) is 12.1 Å². The number of hydrogen-bond donors (Lipinski definition) is 1. The second-order valence-corrected chi connectivity index (χ2v) is 5.58. The molecule has 2 rings (SSSR count). The minimum absolute atomic E-state index is 0. The van der Waals surface area contributed by atoms with Crippen molar-refractivity contribution in [1.82, 2.24) is 10.2 Å². The molecular formula is C15H21Cl2F3N2O. The molecule has 132 valence electrons. The Bertz CT molecular complexity index is 477. The third kappa shape index (κ3) is 5.41. The largest absolute Gasteiger partial charge is 0.489 e. The van der Waals surface area contributed by atoms with Gasteiger partial charge in [-0.25, -0.2) is 13.2 Å². The highest BCUT2D eigenvalue weighted by Crippen LogP contribution is 2.35. The van der Waals surface area contributed by atoms with Crippen molar-refractivity contribution in [2.24, 2.45) is 0 Å². The van der Waals surface area contributed by atoms with Gasteiger partial charge < -0.3 is 10.1 Å². The first-order valence-corrected chi connectivity index (χ1v) is 7.75. The molecule has 0 unspecified atom stereocenters. The average molecular weight is 373 g/mol. The number of hydrogen-bond acceptors (Lipinski definition) is 3. The lowest BCUT2D eigenvalue weighted by Gasteiger charge is -2.35. The molecule has 1 heterocycles. The van der Waals surface area contributed by atoms with Gasteiger partial charge in [0.15, 0.2) is 11.6 Å². The maximum absolute atomic E-state index is 14.1. The molecule has 1 fully saturated rings. The van der Waals surface area contributed by atoms with Gasteiger partial charge in [0.25, 0.3) is 0 Å². The van der Waals surface area contributed by atoms with Gasteiger partial charge in [-0.3, -0.25) is 4.90 Å². The summed E-state index contributed by atoms with van der Waals surface area (Å²) < 4.78 is 45.2. The summed E-state index contributed by atoms with van der Waals surface area (Å²) in [7, 11) is 0. The summed E-state index contributed by atoms with van der Waals surface area (Å²) in [6.07, 6.45) is -2.81. The molecule has 1 aromatic carbocycles. The number of alkyl halides is 2. The van der Waals surface area contributed by atoms with E-state index >= 15 is 0 Å². The van der Waals surface area contributed by atoms with Crippen LogP contribution in [0.25, 0.3) is 0 Å². The number of ether oxygens (including phenoxy) is 1. The third-order valence-electron chi connectivity index (χ3n) is 3.69. The van der Waals surface area contributed by atoms with E-state index in [1.54, 1.807) is 6.92 Å². The fraction of sp³-hybridized carbons (Fsp3) is 0.600. The summed E-state index contributed by atoms with van der Waals surface area (Å²) in [5, 5.41) is 3.29. The molecule has 1 saturated heterocycles. The fourth-order valence-electron chi connectivity index (χ4n) is 2.71. The molecule has 23 heavy (non-hydrogen) atoms. The summed E-state index contributed by atoms with van der Waals surface area (Å²) in [5.74, 6) is -0.636. The Balaban J connectivity index is 0.00000264. The standard InChI is InChI=1S/C15H20ClF3N2O.ClH/c1-2-22-15-11(16)7-10(8-12(15)17)13(9-14(18)19)21-5-3-20-4-6-21;/h7-8,13-14,20H,2-6,9H2,1H3;1H/t13-;/m0./s1. The topological polar surface area (TPSA) is 24.5 Å². The number of halogens is 5. The lowest BCUT2D eigenvalue weighted by Crippen LogP contribution is -2.45. The number of nitrogens with zero attached hydrogens (tertiary/aromatic N) is 1. The Morgan fingerprint density at radius 2 is 1.96 bits per heavy atom. The highest BCUT2D eigenvalue weighted by Gasteiger charge is 2.27. The molecule has 1 aliphatic heterocycles. The SMILES string of the molecule is CCOc1c(F)cc([C@H](CC(F)F)N2CCNCC2)cc1Cl.Cl. The van der Waals surface area contributed by atoms with Crippen LogP contribution in [0, 0.1) is 5.82 Å². The highest BCUT2D eigenvalue weighted by molar-refractivity contribution is 6.32. The molecule has 0 saturated carbocycles. The smallest absolute Gasteiger partial charge is 0.240 e. The Morgan fingerprint density at radius 1 is 1.30 bits per heavy atom. The fourth-order valence-corrected chi connectivity index (χ4v) is 2.98. The van der Waals surface area contributed by atoms with Crippen molar-refractivity contribution in [3.05, 3.63) is 28.5 Å². The molecule has 1 aliphatic rings. The number of piperazine rings is 1. The van der Waals surface area contributed by atoms with Gasteiger partial charge in [-0.15, -0.1) is 12.4 Å². The zero-order valence-electron chi connectivity index (χ0n) is 12.8. The van der Waals surface area contributed by atoms with Gasteiger partial charge in [-0.2, -0.15) is 0 Å². The van der Waals surface area contributed by atoms with Gasteiger partial charge in [-0.1, -0.05) is 11.6 Å². The molecule has 1 atom stereocenters. The highest BCUT2D eigenvalue weighted by atomic mass is 35.5. The van der Waals surface area contributed by atoms with Crippen LogP contribution >= 0.6 is 24.0 Å². The maximum atomic E-state index is 14.1. The van der Waals surface area contributed by atoms with E-state index in [1.807, 2.05) is 4.90 Å². The second-order valence-electron chi connectivity index (χ2n) is 5.18. The number of benzene rings is 1. The maximum Gasteiger partial charge on any atom is 0.240 e. The molecule has 8 heteroatoms. The first-order chi connectivity index (χ1) is 10.5. The molecule has 0 radical (unpaired) electrons. The van der Waals surface area contributed by atoms with Crippen LogP contribution in [0.4, 0.5) is 13.2 Å². The van der Waals surface area contributed by atoms with Crippen LogP contribution in [0.2, 0.25) is 5.02 Å². The van der Waals surface area contributed by atoms with Crippen LogP contribution in [-0.4, -0.2) is 44.1 Å². The summed E-state index contributed by atoms with van der Waals surface area (Å²) >= 11 is 6.05. The van der Waals surface area contributed by atoms with Crippen LogP contribution in [0.15, 0.2) is 12.1 Å². The molecule has 0 spiro atoms. The summed E-state index contributed by atoms with van der Waals surface area (Å²) in [6.45, 7) is 4.76. The van der Waals surface area contributed by atoms with E-state index in [0.717, 1.165) is 13.1 Å². The van der Waals surface area contributed by atoms with Crippen LogP contribution < -0.4 is 10.1 Å². The summed E-state index contributed by atoms with van der Waals surface area (Å²) in [6, 6.07) is 2.24. The normalized spacial score (nSPS) is 17.0. The van der Waals surface area contributed by atoms with Gasteiger partial charge in [0.05, 0.1) is 11.6 Å². The minimum atomic E-state index is -2.46. The Labute approximate surface area is 145 Å². The van der Waals surface area contributed by atoms with Crippen molar-refractivity contribution in [3.63, 3.8) is 0 Å². The van der Waals surface area contributed by atoms with Crippen molar-refractivity contribution in [3.8, 4) is 5.75 Å². The predicted octanol–water partition coefficient (Wildman–Crippen LogP) is 3.90.